The number of hydrogen-bond donors (Lipinski definition) is 2. The fourth-order valence-electron chi connectivity index (χ4n) is 1.96. The van der Waals surface area contributed by atoms with Crippen LogP contribution in [0.3, 0.4) is 0 Å². The Morgan fingerprint density at radius 3 is 2.86 bits per heavy atom. The maximum absolute atomic E-state index is 14.0. The summed E-state index contributed by atoms with van der Waals surface area (Å²) >= 11 is 0. The number of imidazole rings is 1. The molecule has 0 fully saturated rings. The molecule has 0 aliphatic heterocycles. The molecule has 0 amide bonds. The van der Waals surface area contributed by atoms with E-state index in [-0.39, 0.29) is 17.0 Å². The summed E-state index contributed by atoms with van der Waals surface area (Å²) in [5.41, 5.74) is 1.05. The lowest BCUT2D eigenvalue weighted by Crippen LogP contribution is -1.96. The van der Waals surface area contributed by atoms with Gasteiger partial charge in [0.1, 0.15) is 17.4 Å². The summed E-state index contributed by atoms with van der Waals surface area (Å²) in [7, 11) is 1.45. The molecule has 3 rings (SSSR count). The number of carboxylic acid groups (broad SMARTS) is 1. The van der Waals surface area contributed by atoms with E-state index in [4.69, 9.17) is 9.84 Å². The highest BCUT2D eigenvalue weighted by Gasteiger charge is 2.13. The van der Waals surface area contributed by atoms with Gasteiger partial charge in [0.2, 0.25) is 0 Å². The van der Waals surface area contributed by atoms with Gasteiger partial charge >= 0.3 is 5.97 Å². The first-order chi connectivity index (χ1) is 10.1. The molecule has 7 heteroatoms. The van der Waals surface area contributed by atoms with E-state index in [0.717, 1.165) is 0 Å². The van der Waals surface area contributed by atoms with Gasteiger partial charge < -0.3 is 14.8 Å². The standard InChI is InChI=1S/C14H10FN3O3/c1-21-8-2-3-9(10(15)5-8)12-17-11-4-7(14(19)20)6-16-13(11)18-12/h2-6H,1H3,(H,19,20)(H,16,17,18). The number of aromatic amines is 1. The number of H-pyrrole nitrogens is 1. The number of ether oxygens (including phenoxy) is 1. The quantitative estimate of drug-likeness (QED) is 0.772. The van der Waals surface area contributed by atoms with Crippen LogP contribution in [0.25, 0.3) is 22.6 Å². The van der Waals surface area contributed by atoms with Crippen LogP contribution in [0.15, 0.2) is 30.5 Å². The van der Waals surface area contributed by atoms with Gasteiger partial charge in [-0.2, -0.15) is 0 Å². The zero-order valence-corrected chi connectivity index (χ0v) is 10.9. The molecular formula is C14H10FN3O3. The summed E-state index contributed by atoms with van der Waals surface area (Å²) < 4.78 is 18.9. The van der Waals surface area contributed by atoms with Gasteiger partial charge in [0.25, 0.3) is 0 Å². The second-order valence-corrected chi connectivity index (χ2v) is 4.33. The van der Waals surface area contributed by atoms with Crippen molar-refractivity contribution in [3.05, 3.63) is 41.8 Å². The minimum Gasteiger partial charge on any atom is -0.497 e. The number of hydrogen-bond acceptors (Lipinski definition) is 4. The Morgan fingerprint density at radius 1 is 1.38 bits per heavy atom. The highest BCUT2D eigenvalue weighted by molar-refractivity contribution is 5.91. The van der Waals surface area contributed by atoms with E-state index in [1.807, 2.05) is 0 Å². The van der Waals surface area contributed by atoms with Crippen molar-refractivity contribution in [2.24, 2.45) is 0 Å². The summed E-state index contributed by atoms with van der Waals surface area (Å²) in [6, 6.07) is 5.80. The second kappa shape index (κ2) is 4.86. The van der Waals surface area contributed by atoms with Crippen LogP contribution < -0.4 is 4.74 Å². The number of carboxylic acids is 1. The van der Waals surface area contributed by atoms with Crippen molar-refractivity contribution in [2.45, 2.75) is 0 Å². The second-order valence-electron chi connectivity index (χ2n) is 4.33. The molecule has 0 aliphatic rings. The minimum atomic E-state index is -1.09. The monoisotopic (exact) mass is 287 g/mol. The number of rotatable bonds is 3. The largest absolute Gasteiger partial charge is 0.497 e. The predicted molar refractivity (Wildman–Crippen MR) is 72.8 cm³/mol. The van der Waals surface area contributed by atoms with Crippen LogP contribution in [-0.2, 0) is 0 Å². The number of methoxy groups -OCH3 is 1. The molecule has 0 saturated carbocycles. The van der Waals surface area contributed by atoms with Crippen molar-refractivity contribution in [1.82, 2.24) is 15.0 Å². The van der Waals surface area contributed by atoms with Crippen LogP contribution >= 0.6 is 0 Å². The summed E-state index contributed by atoms with van der Waals surface area (Å²) in [6.07, 6.45) is 1.21. The average Bonchev–Trinajstić information content (AvgIpc) is 2.89. The fraction of sp³-hybridized carbons (Fsp3) is 0.0714. The maximum Gasteiger partial charge on any atom is 0.337 e. The number of benzene rings is 1. The Morgan fingerprint density at radius 2 is 2.19 bits per heavy atom. The number of fused-ring (bicyclic) bond motifs is 1. The van der Waals surface area contributed by atoms with Gasteiger partial charge in [-0.05, 0) is 18.2 Å². The molecule has 21 heavy (non-hydrogen) atoms. The molecule has 1 aromatic carbocycles. The lowest BCUT2D eigenvalue weighted by atomic mass is 10.2. The zero-order chi connectivity index (χ0) is 15.0. The molecule has 0 aliphatic carbocycles. The molecule has 2 heterocycles. The predicted octanol–water partition coefficient (Wildman–Crippen LogP) is 2.47. The van der Waals surface area contributed by atoms with Gasteiger partial charge in [-0.15, -0.1) is 0 Å². The molecule has 0 unspecified atom stereocenters. The molecular weight excluding hydrogens is 277 g/mol. The Balaban J connectivity index is 2.10. The van der Waals surface area contributed by atoms with Crippen LogP contribution in [-0.4, -0.2) is 33.1 Å². The minimum absolute atomic E-state index is 0.0351. The smallest absolute Gasteiger partial charge is 0.337 e. The number of aromatic nitrogens is 3. The lowest BCUT2D eigenvalue weighted by Gasteiger charge is -2.02. The van der Waals surface area contributed by atoms with Crippen molar-refractivity contribution in [2.75, 3.05) is 7.11 Å². The van der Waals surface area contributed by atoms with Crippen molar-refractivity contribution in [3.8, 4) is 17.1 Å². The van der Waals surface area contributed by atoms with Crippen LogP contribution in [0, 0.1) is 5.82 Å². The third-order valence-electron chi connectivity index (χ3n) is 3.02. The van der Waals surface area contributed by atoms with Crippen molar-refractivity contribution in [1.29, 1.82) is 0 Å². The van der Waals surface area contributed by atoms with Gasteiger partial charge in [0.15, 0.2) is 5.65 Å². The van der Waals surface area contributed by atoms with Gasteiger partial charge in [-0.1, -0.05) is 0 Å². The fourth-order valence-corrected chi connectivity index (χ4v) is 1.96. The zero-order valence-electron chi connectivity index (χ0n) is 10.9. The molecule has 6 nitrogen and oxygen atoms in total. The SMILES string of the molecule is COc1ccc(-c2nc3ncc(C(=O)O)cc3[nH]2)c(F)c1. The van der Waals surface area contributed by atoms with E-state index in [9.17, 15) is 9.18 Å². The molecule has 2 aromatic heterocycles. The molecule has 106 valence electrons. The Hall–Kier alpha value is -2.96. The Bertz CT molecular complexity index is 845. The first kappa shape index (κ1) is 13.0. The number of nitrogens with zero attached hydrogens (tertiary/aromatic N) is 2. The molecule has 2 N–H and O–H groups in total. The number of halogens is 1. The lowest BCUT2D eigenvalue weighted by molar-refractivity contribution is 0.0696. The van der Waals surface area contributed by atoms with Gasteiger partial charge in [0.05, 0.1) is 23.8 Å². The highest BCUT2D eigenvalue weighted by Crippen LogP contribution is 2.25. The van der Waals surface area contributed by atoms with Crippen LogP contribution in [0.2, 0.25) is 0 Å². The number of carbonyl (C=O) groups is 1. The van der Waals surface area contributed by atoms with Crippen molar-refractivity contribution in [3.63, 3.8) is 0 Å². The number of pyridine rings is 1. The van der Waals surface area contributed by atoms with E-state index in [0.29, 0.717) is 16.9 Å². The molecule has 0 saturated heterocycles. The Labute approximate surface area is 118 Å². The van der Waals surface area contributed by atoms with E-state index in [2.05, 4.69) is 15.0 Å². The summed E-state index contributed by atoms with van der Waals surface area (Å²) in [6.45, 7) is 0. The molecule has 3 aromatic rings. The molecule has 0 spiro atoms. The summed E-state index contributed by atoms with van der Waals surface area (Å²) in [5, 5.41) is 8.92. The highest BCUT2D eigenvalue weighted by atomic mass is 19.1. The third kappa shape index (κ3) is 2.29. The molecule has 0 bridgehead atoms. The topological polar surface area (TPSA) is 88.1 Å². The van der Waals surface area contributed by atoms with Crippen molar-refractivity contribution >= 4 is 17.1 Å². The van der Waals surface area contributed by atoms with E-state index < -0.39 is 11.8 Å². The normalized spacial score (nSPS) is 10.8. The van der Waals surface area contributed by atoms with Crippen LogP contribution in [0.5, 0.6) is 5.75 Å². The summed E-state index contributed by atoms with van der Waals surface area (Å²) in [4.78, 5) is 21.9. The van der Waals surface area contributed by atoms with Gasteiger partial charge in [0, 0.05) is 12.3 Å². The first-order valence-electron chi connectivity index (χ1n) is 6.01. The van der Waals surface area contributed by atoms with Gasteiger partial charge in [-0.3, -0.25) is 0 Å². The van der Waals surface area contributed by atoms with Crippen LogP contribution in [0.1, 0.15) is 10.4 Å². The first-order valence-corrected chi connectivity index (χ1v) is 6.01. The molecule has 0 radical (unpaired) electrons. The number of aromatic carboxylic acids is 1. The molecule has 0 atom stereocenters. The Kier molecular flexibility index (Phi) is 3.02. The van der Waals surface area contributed by atoms with E-state index >= 15 is 0 Å². The third-order valence-corrected chi connectivity index (χ3v) is 3.02. The van der Waals surface area contributed by atoms with E-state index in [1.165, 1.54) is 31.5 Å². The summed E-state index contributed by atoms with van der Waals surface area (Å²) in [5.74, 6) is -0.901. The average molecular weight is 287 g/mol. The van der Waals surface area contributed by atoms with Crippen LogP contribution in [0.4, 0.5) is 4.39 Å². The maximum atomic E-state index is 14.0. The number of nitrogens with one attached hydrogen (secondary N) is 1. The van der Waals surface area contributed by atoms with Gasteiger partial charge in [-0.25, -0.2) is 19.2 Å². The van der Waals surface area contributed by atoms with E-state index in [1.54, 1.807) is 6.07 Å². The van der Waals surface area contributed by atoms with Crippen molar-refractivity contribution < 1.29 is 19.0 Å².